The number of allylic oxidation sites excluding steroid dienone is 3. The van der Waals surface area contributed by atoms with Crippen LogP contribution in [0.15, 0.2) is 66.9 Å². The van der Waals surface area contributed by atoms with E-state index in [2.05, 4.69) is 25.0 Å². The van der Waals surface area contributed by atoms with E-state index in [1.807, 2.05) is 6.08 Å². The Morgan fingerprint density at radius 3 is 2.59 bits per heavy atom. The minimum Gasteiger partial charge on any atom is -0.369 e. The normalized spacial score (nSPS) is 17.4. The van der Waals surface area contributed by atoms with Gasteiger partial charge in [0, 0.05) is 30.3 Å². The van der Waals surface area contributed by atoms with Gasteiger partial charge < -0.3 is 4.90 Å². The number of nitrogens with zero attached hydrogens (tertiary/aromatic N) is 1. The SMILES string of the molecule is C=C(CCC)CCCCCCN1C(=C)CCC1/C=C/CC(F)(F)c1ccccc1. The monoisotopic (exact) mass is 401 g/mol. The summed E-state index contributed by atoms with van der Waals surface area (Å²) in [6.45, 7) is 11.5. The molecule has 0 N–H and O–H groups in total. The molecule has 1 atom stereocenters. The molecule has 0 radical (unpaired) electrons. The number of hydrogen-bond donors (Lipinski definition) is 0. The molecule has 0 saturated carbocycles. The molecule has 2 rings (SSSR count). The van der Waals surface area contributed by atoms with E-state index in [-0.39, 0.29) is 18.0 Å². The Balaban J connectivity index is 1.74. The van der Waals surface area contributed by atoms with Gasteiger partial charge in [-0.1, -0.05) is 87.4 Å². The number of rotatable bonds is 13. The fourth-order valence-corrected chi connectivity index (χ4v) is 4.03. The standard InChI is InChI=1S/C26H37F2N/c1-4-13-22(2)14-8-5-6-11-21-29-23(3)18-19-25(29)17-12-20-26(27,28)24-15-9-7-10-16-24/h7,9-10,12,15-17,25H,2-6,8,11,13-14,18-21H2,1H3/b17-12+. The highest BCUT2D eigenvalue weighted by Gasteiger charge is 2.30. The number of halogens is 2. The molecule has 29 heavy (non-hydrogen) atoms. The topological polar surface area (TPSA) is 3.24 Å². The van der Waals surface area contributed by atoms with Crippen LogP contribution in [-0.2, 0) is 5.92 Å². The number of benzene rings is 1. The molecule has 3 heteroatoms. The molecule has 1 aromatic carbocycles. The summed E-state index contributed by atoms with van der Waals surface area (Å²) in [4.78, 5) is 2.31. The first kappa shape index (κ1) is 23.4. The quantitative estimate of drug-likeness (QED) is 0.239. The molecule has 1 aliphatic heterocycles. The molecule has 1 aliphatic rings. The van der Waals surface area contributed by atoms with Crippen LogP contribution in [-0.4, -0.2) is 17.5 Å². The number of unbranched alkanes of at least 4 members (excludes halogenated alkanes) is 3. The summed E-state index contributed by atoms with van der Waals surface area (Å²) in [5.74, 6) is -2.82. The summed E-state index contributed by atoms with van der Waals surface area (Å²) in [5.41, 5.74) is 2.60. The van der Waals surface area contributed by atoms with Crippen molar-refractivity contribution in [3.8, 4) is 0 Å². The van der Waals surface area contributed by atoms with Gasteiger partial charge in [-0.15, -0.1) is 0 Å². The lowest BCUT2D eigenvalue weighted by Gasteiger charge is -2.25. The maximum Gasteiger partial charge on any atom is 0.276 e. The highest BCUT2D eigenvalue weighted by atomic mass is 19.3. The first-order valence-electron chi connectivity index (χ1n) is 11.1. The Hall–Kier alpha value is -1.90. The molecule has 1 fully saturated rings. The van der Waals surface area contributed by atoms with Crippen LogP contribution in [0.1, 0.15) is 76.7 Å². The Bertz CT molecular complexity index is 663. The lowest BCUT2D eigenvalue weighted by atomic mass is 10.0. The second-order valence-corrected chi connectivity index (χ2v) is 8.23. The van der Waals surface area contributed by atoms with Crippen molar-refractivity contribution >= 4 is 0 Å². The lowest BCUT2D eigenvalue weighted by Crippen LogP contribution is -2.27. The van der Waals surface area contributed by atoms with E-state index in [1.54, 1.807) is 24.3 Å². The Labute approximate surface area is 176 Å². The number of alkyl halides is 2. The summed E-state index contributed by atoms with van der Waals surface area (Å²) in [5, 5.41) is 0. The summed E-state index contributed by atoms with van der Waals surface area (Å²) in [6, 6.07) is 8.28. The highest BCUT2D eigenvalue weighted by molar-refractivity contribution is 5.21. The first-order chi connectivity index (χ1) is 13.9. The molecule has 1 unspecified atom stereocenters. The zero-order valence-corrected chi connectivity index (χ0v) is 18.0. The highest BCUT2D eigenvalue weighted by Crippen LogP contribution is 2.33. The van der Waals surface area contributed by atoms with Crippen molar-refractivity contribution in [1.29, 1.82) is 0 Å². The van der Waals surface area contributed by atoms with Crippen molar-refractivity contribution in [3.63, 3.8) is 0 Å². The average molecular weight is 402 g/mol. The van der Waals surface area contributed by atoms with Gasteiger partial charge in [-0.25, -0.2) is 8.78 Å². The maximum atomic E-state index is 14.3. The van der Waals surface area contributed by atoms with Gasteiger partial charge in [0.2, 0.25) is 0 Å². The third-order valence-electron chi connectivity index (χ3n) is 5.75. The van der Waals surface area contributed by atoms with Crippen molar-refractivity contribution in [3.05, 3.63) is 72.5 Å². The fraction of sp³-hybridized carbons (Fsp3) is 0.538. The van der Waals surface area contributed by atoms with E-state index in [9.17, 15) is 8.78 Å². The second kappa shape index (κ2) is 11.9. The van der Waals surface area contributed by atoms with E-state index < -0.39 is 5.92 Å². The minimum atomic E-state index is -2.82. The third kappa shape index (κ3) is 7.79. The molecular formula is C26H37F2N. The van der Waals surface area contributed by atoms with E-state index in [0.29, 0.717) is 0 Å². The van der Waals surface area contributed by atoms with Crippen LogP contribution in [0.25, 0.3) is 0 Å². The van der Waals surface area contributed by atoms with Crippen molar-refractivity contribution < 1.29 is 8.78 Å². The second-order valence-electron chi connectivity index (χ2n) is 8.23. The van der Waals surface area contributed by atoms with Gasteiger partial charge in [0.05, 0.1) is 0 Å². The number of hydrogen-bond acceptors (Lipinski definition) is 1. The van der Waals surface area contributed by atoms with E-state index >= 15 is 0 Å². The van der Waals surface area contributed by atoms with Gasteiger partial charge in [0.1, 0.15) is 0 Å². The van der Waals surface area contributed by atoms with Crippen LogP contribution in [0.4, 0.5) is 8.78 Å². The predicted octanol–water partition coefficient (Wildman–Crippen LogP) is 8.01. The van der Waals surface area contributed by atoms with Crippen molar-refractivity contribution in [1.82, 2.24) is 4.90 Å². The number of likely N-dealkylation sites (tertiary alicyclic amines) is 1. The van der Waals surface area contributed by atoms with Crippen LogP contribution >= 0.6 is 0 Å². The molecule has 0 aromatic heterocycles. The molecule has 1 aromatic rings. The fourth-order valence-electron chi connectivity index (χ4n) is 4.03. The van der Waals surface area contributed by atoms with Crippen LogP contribution in [0.2, 0.25) is 0 Å². The summed E-state index contributed by atoms with van der Waals surface area (Å²) < 4.78 is 28.7. The average Bonchev–Trinajstić information content (AvgIpc) is 3.05. The van der Waals surface area contributed by atoms with Crippen LogP contribution < -0.4 is 0 Å². The van der Waals surface area contributed by atoms with Gasteiger partial charge in [-0.3, -0.25) is 0 Å². The molecule has 160 valence electrons. The van der Waals surface area contributed by atoms with Crippen LogP contribution in [0, 0.1) is 0 Å². The van der Waals surface area contributed by atoms with E-state index in [0.717, 1.165) is 44.3 Å². The lowest BCUT2D eigenvalue weighted by molar-refractivity contribution is -0.00107. The van der Waals surface area contributed by atoms with Gasteiger partial charge in [0.25, 0.3) is 5.92 Å². The zero-order chi connectivity index (χ0) is 21.1. The molecule has 0 amide bonds. The predicted molar refractivity (Wildman–Crippen MR) is 120 cm³/mol. The van der Waals surface area contributed by atoms with E-state index in [1.165, 1.54) is 43.4 Å². The zero-order valence-electron chi connectivity index (χ0n) is 18.0. The minimum absolute atomic E-state index is 0.0824. The first-order valence-corrected chi connectivity index (χ1v) is 11.1. The Kier molecular flexibility index (Phi) is 9.63. The van der Waals surface area contributed by atoms with Crippen molar-refractivity contribution in [2.24, 2.45) is 0 Å². The van der Waals surface area contributed by atoms with Crippen LogP contribution in [0.3, 0.4) is 0 Å². The molecule has 0 spiro atoms. The summed E-state index contributed by atoms with van der Waals surface area (Å²) >= 11 is 0. The van der Waals surface area contributed by atoms with Gasteiger partial charge in [-0.2, -0.15) is 0 Å². The van der Waals surface area contributed by atoms with Gasteiger partial charge in [-0.05, 0) is 38.5 Å². The van der Waals surface area contributed by atoms with Gasteiger partial charge >= 0.3 is 0 Å². The summed E-state index contributed by atoms with van der Waals surface area (Å²) in [7, 11) is 0. The molecule has 1 nitrogen and oxygen atoms in total. The smallest absolute Gasteiger partial charge is 0.276 e. The molecule has 0 bridgehead atoms. The van der Waals surface area contributed by atoms with E-state index in [4.69, 9.17) is 0 Å². The Morgan fingerprint density at radius 1 is 1.14 bits per heavy atom. The van der Waals surface area contributed by atoms with Crippen LogP contribution in [0.5, 0.6) is 0 Å². The Morgan fingerprint density at radius 2 is 1.86 bits per heavy atom. The molecule has 1 saturated heterocycles. The third-order valence-corrected chi connectivity index (χ3v) is 5.75. The van der Waals surface area contributed by atoms with Crippen molar-refractivity contribution in [2.45, 2.75) is 83.1 Å². The van der Waals surface area contributed by atoms with Crippen molar-refractivity contribution in [2.75, 3.05) is 6.54 Å². The maximum absolute atomic E-state index is 14.3. The largest absolute Gasteiger partial charge is 0.369 e. The summed E-state index contributed by atoms with van der Waals surface area (Å²) in [6.07, 6.45) is 13.5. The molecule has 1 heterocycles. The molecular weight excluding hydrogens is 364 g/mol. The van der Waals surface area contributed by atoms with Gasteiger partial charge in [0.15, 0.2) is 0 Å². The molecule has 0 aliphatic carbocycles.